The molecule has 1 fully saturated rings. The van der Waals surface area contributed by atoms with Crippen molar-refractivity contribution in [2.24, 2.45) is 12.5 Å². The normalized spacial score (nSPS) is 19.6. The van der Waals surface area contributed by atoms with Crippen LogP contribution in [-0.4, -0.2) is 20.8 Å². The molecule has 1 aromatic heterocycles. The van der Waals surface area contributed by atoms with Gasteiger partial charge in [0, 0.05) is 18.7 Å². The zero-order valence-electron chi connectivity index (χ0n) is 10.1. The summed E-state index contributed by atoms with van der Waals surface area (Å²) in [6.07, 6.45) is 7.96. The van der Waals surface area contributed by atoms with Crippen LogP contribution in [0.2, 0.25) is 0 Å². The minimum Gasteiger partial charge on any atom is -0.299 e. The van der Waals surface area contributed by atoms with Crippen LogP contribution < -0.4 is 0 Å². The van der Waals surface area contributed by atoms with Crippen LogP contribution in [0.4, 0.5) is 0 Å². The molecule has 2 rings (SSSR count). The molecule has 0 aliphatic heterocycles. The van der Waals surface area contributed by atoms with Crippen LogP contribution in [0.1, 0.15) is 44.7 Å². The fraction of sp³-hybridized carbons (Fsp3) is 0.750. The van der Waals surface area contributed by atoms with Gasteiger partial charge in [0.2, 0.25) is 0 Å². The topological polar surface area (TPSA) is 47.8 Å². The first kappa shape index (κ1) is 11.3. The number of ketones is 1. The first-order valence-corrected chi connectivity index (χ1v) is 5.99. The molecule has 88 valence electrons. The summed E-state index contributed by atoms with van der Waals surface area (Å²) in [4.78, 5) is 12.2. The summed E-state index contributed by atoms with van der Waals surface area (Å²) in [6.45, 7) is 2.10. The van der Waals surface area contributed by atoms with Gasteiger partial charge in [-0.15, -0.1) is 5.10 Å². The number of nitrogens with zero attached hydrogens (tertiary/aromatic N) is 3. The molecule has 0 aromatic carbocycles. The molecule has 1 aromatic rings. The second kappa shape index (κ2) is 4.36. The van der Waals surface area contributed by atoms with Crippen molar-refractivity contribution in [1.82, 2.24) is 15.0 Å². The first-order chi connectivity index (χ1) is 7.60. The molecule has 1 heterocycles. The molecule has 16 heavy (non-hydrogen) atoms. The number of rotatable bonds is 3. The van der Waals surface area contributed by atoms with Crippen molar-refractivity contribution in [3.05, 3.63) is 11.9 Å². The maximum atomic E-state index is 12.2. The Hall–Kier alpha value is -1.19. The van der Waals surface area contributed by atoms with Crippen molar-refractivity contribution >= 4 is 5.78 Å². The maximum absolute atomic E-state index is 12.2. The van der Waals surface area contributed by atoms with E-state index in [2.05, 4.69) is 17.2 Å². The van der Waals surface area contributed by atoms with Gasteiger partial charge in [-0.3, -0.25) is 9.48 Å². The number of hydrogen-bond acceptors (Lipinski definition) is 3. The van der Waals surface area contributed by atoms with E-state index in [0.717, 1.165) is 18.5 Å². The third-order valence-electron chi connectivity index (χ3n) is 3.62. The summed E-state index contributed by atoms with van der Waals surface area (Å²) in [7, 11) is 1.82. The minimum atomic E-state index is -0.115. The highest BCUT2D eigenvalue weighted by molar-refractivity contribution is 5.86. The van der Waals surface area contributed by atoms with Crippen molar-refractivity contribution in [2.75, 3.05) is 0 Å². The van der Waals surface area contributed by atoms with Gasteiger partial charge in [0.1, 0.15) is 5.78 Å². The average molecular weight is 221 g/mol. The largest absolute Gasteiger partial charge is 0.299 e. The van der Waals surface area contributed by atoms with Gasteiger partial charge < -0.3 is 0 Å². The Morgan fingerprint density at radius 1 is 1.44 bits per heavy atom. The lowest BCUT2D eigenvalue weighted by Crippen LogP contribution is -2.31. The van der Waals surface area contributed by atoms with Crippen LogP contribution in [0.25, 0.3) is 0 Å². The Kier molecular flexibility index (Phi) is 3.08. The minimum absolute atomic E-state index is 0.115. The van der Waals surface area contributed by atoms with E-state index in [-0.39, 0.29) is 5.41 Å². The molecular weight excluding hydrogens is 202 g/mol. The SMILES string of the molecule is Cn1cc(CC(=O)C2(C)CCCCC2)nn1. The van der Waals surface area contributed by atoms with Crippen LogP contribution in [0.5, 0.6) is 0 Å². The third-order valence-corrected chi connectivity index (χ3v) is 3.62. The highest BCUT2D eigenvalue weighted by atomic mass is 16.1. The zero-order chi connectivity index (χ0) is 11.6. The Morgan fingerprint density at radius 3 is 2.69 bits per heavy atom. The molecule has 0 bridgehead atoms. The first-order valence-electron chi connectivity index (χ1n) is 5.99. The van der Waals surface area contributed by atoms with Crippen molar-refractivity contribution in [2.45, 2.75) is 45.4 Å². The average Bonchev–Trinajstić information content (AvgIpc) is 2.65. The molecule has 0 atom stereocenters. The predicted octanol–water partition coefficient (Wildman–Crippen LogP) is 1.90. The van der Waals surface area contributed by atoms with Gasteiger partial charge in [0.15, 0.2) is 0 Å². The molecule has 1 aliphatic rings. The van der Waals surface area contributed by atoms with Gasteiger partial charge in [-0.1, -0.05) is 31.4 Å². The second-order valence-electron chi connectivity index (χ2n) is 5.10. The molecule has 4 nitrogen and oxygen atoms in total. The lowest BCUT2D eigenvalue weighted by molar-refractivity contribution is -0.128. The summed E-state index contributed by atoms with van der Waals surface area (Å²) >= 11 is 0. The van der Waals surface area contributed by atoms with E-state index in [4.69, 9.17) is 0 Å². The van der Waals surface area contributed by atoms with Gasteiger partial charge in [0.25, 0.3) is 0 Å². The lowest BCUT2D eigenvalue weighted by Gasteiger charge is -2.31. The summed E-state index contributed by atoms with van der Waals surface area (Å²) < 4.78 is 1.64. The van der Waals surface area contributed by atoms with Crippen molar-refractivity contribution < 1.29 is 4.79 Å². The Balaban J connectivity index is 2.01. The summed E-state index contributed by atoms with van der Waals surface area (Å²) in [6, 6.07) is 0. The van der Waals surface area contributed by atoms with Crippen molar-refractivity contribution in [3.63, 3.8) is 0 Å². The van der Waals surface area contributed by atoms with Gasteiger partial charge in [-0.2, -0.15) is 0 Å². The fourth-order valence-electron chi connectivity index (χ4n) is 2.47. The predicted molar refractivity (Wildman–Crippen MR) is 60.9 cm³/mol. The van der Waals surface area contributed by atoms with E-state index >= 15 is 0 Å². The van der Waals surface area contributed by atoms with E-state index in [1.807, 2.05) is 13.2 Å². The highest BCUT2D eigenvalue weighted by Gasteiger charge is 2.34. The Morgan fingerprint density at radius 2 is 2.12 bits per heavy atom. The molecule has 0 spiro atoms. The molecule has 1 saturated carbocycles. The maximum Gasteiger partial charge on any atom is 0.144 e. The number of hydrogen-bond donors (Lipinski definition) is 0. The zero-order valence-corrected chi connectivity index (χ0v) is 10.1. The van der Waals surface area contributed by atoms with Crippen molar-refractivity contribution in [3.8, 4) is 0 Å². The highest BCUT2D eigenvalue weighted by Crippen LogP contribution is 2.37. The molecule has 0 N–H and O–H groups in total. The summed E-state index contributed by atoms with van der Waals surface area (Å²) in [5.74, 6) is 0.327. The van der Waals surface area contributed by atoms with E-state index in [1.165, 1.54) is 19.3 Å². The van der Waals surface area contributed by atoms with Gasteiger partial charge >= 0.3 is 0 Å². The molecule has 0 unspecified atom stereocenters. The number of carbonyl (C=O) groups is 1. The summed E-state index contributed by atoms with van der Waals surface area (Å²) in [5, 5.41) is 7.83. The van der Waals surface area contributed by atoms with Crippen molar-refractivity contribution in [1.29, 1.82) is 0 Å². The Labute approximate surface area is 96.0 Å². The van der Waals surface area contributed by atoms with Crippen LogP contribution in [0.15, 0.2) is 6.20 Å². The smallest absolute Gasteiger partial charge is 0.144 e. The van der Waals surface area contributed by atoms with Crippen LogP contribution >= 0.6 is 0 Å². The standard InChI is InChI=1S/C12H19N3O/c1-12(6-4-3-5-7-12)11(16)8-10-9-15(2)14-13-10/h9H,3-8H2,1-2H3. The van der Waals surface area contributed by atoms with Crippen LogP contribution in [0.3, 0.4) is 0 Å². The number of aromatic nitrogens is 3. The van der Waals surface area contributed by atoms with E-state index < -0.39 is 0 Å². The van der Waals surface area contributed by atoms with Gasteiger partial charge in [-0.25, -0.2) is 0 Å². The Bertz CT molecular complexity index is 377. The van der Waals surface area contributed by atoms with Crippen LogP contribution in [-0.2, 0) is 18.3 Å². The fourth-order valence-corrected chi connectivity index (χ4v) is 2.47. The second-order valence-corrected chi connectivity index (χ2v) is 5.10. The summed E-state index contributed by atoms with van der Waals surface area (Å²) in [5.41, 5.74) is 0.676. The molecule has 4 heteroatoms. The number of Topliss-reactive ketones (excluding diaryl/α,β-unsaturated/α-hetero) is 1. The van der Waals surface area contributed by atoms with E-state index in [9.17, 15) is 4.79 Å². The molecule has 0 radical (unpaired) electrons. The van der Waals surface area contributed by atoms with Gasteiger partial charge in [0.05, 0.1) is 12.1 Å². The molecule has 0 amide bonds. The van der Waals surface area contributed by atoms with E-state index in [1.54, 1.807) is 4.68 Å². The number of aryl methyl sites for hydroxylation is 1. The van der Waals surface area contributed by atoms with Gasteiger partial charge in [-0.05, 0) is 12.8 Å². The number of carbonyl (C=O) groups excluding carboxylic acids is 1. The molecular formula is C12H19N3O. The lowest BCUT2D eigenvalue weighted by atomic mass is 9.72. The molecule has 1 aliphatic carbocycles. The third kappa shape index (κ3) is 2.31. The van der Waals surface area contributed by atoms with E-state index in [0.29, 0.717) is 12.2 Å². The quantitative estimate of drug-likeness (QED) is 0.783. The monoisotopic (exact) mass is 221 g/mol. The molecule has 0 saturated heterocycles. The van der Waals surface area contributed by atoms with Crippen LogP contribution in [0, 0.1) is 5.41 Å².